The SMILES string of the molecule is CC1(C)OC2[C@@H](O1)[C@@H](COP1(=O)CP3(=O)CP(=O)(CP(=O)(OC[C@H]4O[C@@H](n5cnc6c(N)ncnc65)C5OC(C)(C)O[C@H]54)O3)O1)O[C@H]2n1cnc2c(N)ncnc21. The van der Waals surface area contributed by atoms with Crippen LogP contribution < -0.4 is 11.5 Å². The van der Waals surface area contributed by atoms with Crippen molar-refractivity contribution >= 4 is 63.9 Å². The molecule has 6 unspecified atom stereocenters. The van der Waals surface area contributed by atoms with Gasteiger partial charge in [-0.3, -0.25) is 27.4 Å². The van der Waals surface area contributed by atoms with Gasteiger partial charge in [0.25, 0.3) is 0 Å². The molecule has 6 fully saturated rings. The van der Waals surface area contributed by atoms with Crippen molar-refractivity contribution in [3.8, 4) is 0 Å². The predicted octanol–water partition coefficient (Wildman–Crippen LogP) is 3.57. The highest BCUT2D eigenvalue weighted by Crippen LogP contribution is 2.90. The number of imidazole rings is 2. The lowest BCUT2D eigenvalue weighted by Gasteiger charge is -2.40. The minimum absolute atomic E-state index is 0.175. The third-order valence-electron chi connectivity index (χ3n) is 10.2. The summed E-state index contributed by atoms with van der Waals surface area (Å²) in [5.41, 5.74) is 13.5. The summed E-state index contributed by atoms with van der Waals surface area (Å²) in [6, 6.07) is 0. The summed E-state index contributed by atoms with van der Waals surface area (Å²) in [6.07, 6.45) is -0.738. The smallest absolute Gasteiger partial charge is 0.346 e. The van der Waals surface area contributed by atoms with E-state index in [0.717, 1.165) is 0 Å². The molecule has 4 N–H and O–H groups in total. The van der Waals surface area contributed by atoms with Crippen molar-refractivity contribution in [1.82, 2.24) is 39.0 Å². The Hall–Kier alpha value is -2.78. The second kappa shape index (κ2) is 12.9. The number of nitrogen functional groups attached to an aromatic ring is 2. The van der Waals surface area contributed by atoms with Crippen LogP contribution in [0.5, 0.6) is 0 Å². The van der Waals surface area contributed by atoms with Crippen molar-refractivity contribution in [1.29, 1.82) is 0 Å². The van der Waals surface area contributed by atoms with E-state index in [1.165, 1.54) is 25.3 Å². The Labute approximate surface area is 322 Å². The van der Waals surface area contributed by atoms with E-state index >= 15 is 0 Å². The minimum atomic E-state index is -4.40. The Morgan fingerprint density at radius 1 is 0.632 bits per heavy atom. The maximum Gasteiger partial charge on any atom is 0.346 e. The van der Waals surface area contributed by atoms with Crippen LogP contribution in [0.25, 0.3) is 22.3 Å². The van der Waals surface area contributed by atoms with Gasteiger partial charge in [0.1, 0.15) is 78.0 Å². The van der Waals surface area contributed by atoms with E-state index in [-0.39, 0.29) is 11.6 Å². The van der Waals surface area contributed by atoms with Crippen LogP contribution in [0.3, 0.4) is 0 Å². The van der Waals surface area contributed by atoms with Gasteiger partial charge in [-0.15, -0.1) is 0 Å². The first-order valence-electron chi connectivity index (χ1n) is 17.8. The monoisotopic (exact) mass is 874 g/mol. The molecular formula is C29H38N10O14P4. The second-order valence-corrected chi connectivity index (χ2v) is 26.4. The Balaban J connectivity index is 0.833. The Kier molecular flexibility index (Phi) is 8.67. The molecule has 6 saturated heterocycles. The van der Waals surface area contributed by atoms with Crippen LogP contribution in [0.1, 0.15) is 40.2 Å². The van der Waals surface area contributed by atoms with E-state index < -0.39 is 122 Å². The van der Waals surface area contributed by atoms with E-state index in [1.54, 1.807) is 36.8 Å². The van der Waals surface area contributed by atoms with Crippen LogP contribution in [-0.4, -0.2) is 118 Å². The van der Waals surface area contributed by atoms with Gasteiger partial charge in [-0.25, -0.2) is 38.5 Å². The van der Waals surface area contributed by atoms with E-state index in [2.05, 4.69) is 29.9 Å². The van der Waals surface area contributed by atoms with Gasteiger partial charge >= 0.3 is 15.2 Å². The molecule has 24 nitrogen and oxygen atoms in total. The Morgan fingerprint density at radius 2 is 1.04 bits per heavy atom. The number of anilines is 2. The normalized spacial score (nSPS) is 41.8. The maximum atomic E-state index is 14.2. The lowest BCUT2D eigenvalue weighted by atomic mass is 10.1. The summed E-state index contributed by atoms with van der Waals surface area (Å²) >= 11 is 0. The van der Waals surface area contributed by atoms with Gasteiger partial charge in [0.15, 0.2) is 47.0 Å². The molecule has 6 aliphatic rings. The fraction of sp³-hybridized carbons (Fsp3) is 0.655. The third kappa shape index (κ3) is 6.62. The van der Waals surface area contributed by atoms with E-state index in [4.69, 9.17) is 57.6 Å². The number of hydrogen-bond acceptors (Lipinski definition) is 22. The largest absolute Gasteiger partial charge is 0.382 e. The summed E-state index contributed by atoms with van der Waals surface area (Å²) in [5, 5.41) is 0. The van der Waals surface area contributed by atoms with Crippen LogP contribution in [0.2, 0.25) is 0 Å². The summed E-state index contributed by atoms with van der Waals surface area (Å²) < 4.78 is 120. The van der Waals surface area contributed by atoms with E-state index in [1.807, 2.05) is 0 Å². The molecule has 4 aromatic heterocycles. The summed E-state index contributed by atoms with van der Waals surface area (Å²) in [4.78, 5) is 25.2. The fourth-order valence-electron chi connectivity index (χ4n) is 8.20. The van der Waals surface area contributed by atoms with Gasteiger partial charge in [0.2, 0.25) is 14.7 Å². The maximum absolute atomic E-state index is 14.2. The summed E-state index contributed by atoms with van der Waals surface area (Å²) in [5.74, 6) is -3.89. The molecule has 28 heteroatoms. The molecule has 6 aliphatic heterocycles. The van der Waals surface area contributed by atoms with Crippen LogP contribution in [0.15, 0.2) is 25.3 Å². The molecule has 0 saturated carbocycles. The number of nitrogens with zero attached hydrogens (tertiary/aromatic N) is 8. The van der Waals surface area contributed by atoms with Crippen LogP contribution >= 0.6 is 29.9 Å². The van der Waals surface area contributed by atoms with Crippen molar-refractivity contribution in [2.24, 2.45) is 0 Å². The quantitative estimate of drug-likeness (QED) is 0.239. The number of aromatic nitrogens is 8. The van der Waals surface area contributed by atoms with E-state index in [0.29, 0.717) is 22.3 Å². The van der Waals surface area contributed by atoms with Crippen LogP contribution in [-0.2, 0) is 64.4 Å². The van der Waals surface area contributed by atoms with Crippen molar-refractivity contribution < 1.29 is 64.4 Å². The molecule has 0 amide bonds. The average Bonchev–Trinajstić information content (AvgIpc) is 3.93. The van der Waals surface area contributed by atoms with Crippen molar-refractivity contribution in [2.75, 3.05) is 42.4 Å². The van der Waals surface area contributed by atoms with E-state index in [9.17, 15) is 18.3 Å². The molecule has 10 heterocycles. The zero-order chi connectivity index (χ0) is 39.9. The lowest BCUT2D eigenvalue weighted by molar-refractivity contribution is -0.199. The molecule has 4 aromatic rings. The lowest BCUT2D eigenvalue weighted by Crippen LogP contribution is -2.33. The molecule has 2 bridgehead atoms. The fourth-order valence-corrected chi connectivity index (χ4v) is 26.8. The van der Waals surface area contributed by atoms with Gasteiger partial charge in [0, 0.05) is 0 Å². The van der Waals surface area contributed by atoms with Gasteiger partial charge in [-0.1, -0.05) is 0 Å². The van der Waals surface area contributed by atoms with Gasteiger partial charge in [-0.2, -0.15) is 0 Å². The highest BCUT2D eigenvalue weighted by atomic mass is 31.3. The molecule has 0 aromatic carbocycles. The highest BCUT2D eigenvalue weighted by Gasteiger charge is 2.63. The molecule has 57 heavy (non-hydrogen) atoms. The minimum Gasteiger partial charge on any atom is -0.382 e. The van der Waals surface area contributed by atoms with Crippen molar-refractivity contribution in [3.63, 3.8) is 0 Å². The topological polar surface area (TPSA) is 300 Å². The molecule has 0 aliphatic carbocycles. The summed E-state index contributed by atoms with van der Waals surface area (Å²) in [6.45, 7) is 6.11. The standard InChI is InChI=1S/C29H38N10O14P4/c1-28(2)48-18-14(46-26(20(18)50-28)38-9-36-16-22(30)32-7-34-24(16)38)5-44-56(42)12-54(40)11-55(41,52-56)13-57(43,53-54)45-6-15-19-21(51-29(3,4)49-19)27(47-15)39-10-37-17-23(31)33-8-35-25(17)39/h7-10,14-15,18-21,26-27H,5-6,11-13H2,1-4H3,(H2,30,32,34)(H2,31,33,35)/t14-,15-,18+,19+,20?,21?,26-,27-,54?,55?,56?,57?/m1/s1. The Bertz CT molecular complexity index is 2310. The first-order chi connectivity index (χ1) is 26.8. The summed E-state index contributed by atoms with van der Waals surface area (Å²) in [7, 11) is -17.2. The number of fused-ring (bicyclic) bond motifs is 6. The number of nitrogens with two attached hydrogens (primary N) is 2. The van der Waals surface area contributed by atoms with Crippen molar-refractivity contribution in [2.45, 2.75) is 88.3 Å². The number of hydrogen-bond donors (Lipinski definition) is 2. The van der Waals surface area contributed by atoms with Crippen LogP contribution in [0.4, 0.5) is 11.6 Å². The van der Waals surface area contributed by atoms with Gasteiger partial charge in [0.05, 0.1) is 25.9 Å². The highest BCUT2D eigenvalue weighted by molar-refractivity contribution is 7.96. The Morgan fingerprint density at radius 3 is 1.46 bits per heavy atom. The molecule has 12 atom stereocenters. The number of rotatable bonds is 8. The molecule has 10 rings (SSSR count). The first kappa shape index (κ1) is 38.4. The van der Waals surface area contributed by atoms with Gasteiger partial charge in [-0.05, 0) is 27.7 Å². The molecule has 0 radical (unpaired) electrons. The van der Waals surface area contributed by atoms with Crippen LogP contribution in [0, 0.1) is 0 Å². The van der Waals surface area contributed by atoms with Crippen molar-refractivity contribution in [3.05, 3.63) is 25.3 Å². The molecule has 0 spiro atoms. The zero-order valence-corrected chi connectivity index (χ0v) is 34.3. The zero-order valence-electron chi connectivity index (χ0n) is 30.7. The first-order valence-corrected chi connectivity index (χ1v) is 25.2. The van der Waals surface area contributed by atoms with Gasteiger partial charge < -0.3 is 48.9 Å². The number of ether oxygens (including phenoxy) is 6. The molecule has 308 valence electrons. The second-order valence-electron chi connectivity index (χ2n) is 15.5. The third-order valence-corrected chi connectivity index (χ3v) is 25.3. The molecular weight excluding hydrogens is 836 g/mol. The average molecular weight is 875 g/mol. The predicted molar refractivity (Wildman–Crippen MR) is 194 cm³/mol.